The molecule has 1 atom stereocenters. The summed E-state index contributed by atoms with van der Waals surface area (Å²) < 4.78 is 16.8. The first-order chi connectivity index (χ1) is 37.0. The van der Waals surface area contributed by atoms with E-state index in [9.17, 15) is 14.4 Å². The van der Waals surface area contributed by atoms with Crippen LogP contribution in [0.25, 0.3) is 0 Å². The summed E-state index contributed by atoms with van der Waals surface area (Å²) >= 11 is 0. The fourth-order valence-electron chi connectivity index (χ4n) is 8.03. The van der Waals surface area contributed by atoms with Crippen LogP contribution < -0.4 is 0 Å². The molecule has 0 aliphatic carbocycles. The van der Waals surface area contributed by atoms with E-state index in [4.69, 9.17) is 14.2 Å². The normalized spacial score (nSPS) is 13.1. The maximum absolute atomic E-state index is 12.9. The summed E-state index contributed by atoms with van der Waals surface area (Å²) in [7, 11) is 0. The van der Waals surface area contributed by atoms with Gasteiger partial charge >= 0.3 is 17.9 Å². The van der Waals surface area contributed by atoms with E-state index in [0.29, 0.717) is 19.3 Å². The van der Waals surface area contributed by atoms with Gasteiger partial charge in [0.15, 0.2) is 6.10 Å². The van der Waals surface area contributed by atoms with Crippen molar-refractivity contribution in [2.75, 3.05) is 13.2 Å². The average molecular weight is 1040 g/mol. The molecule has 0 bridgehead atoms. The zero-order chi connectivity index (χ0) is 54.3. The van der Waals surface area contributed by atoms with E-state index in [2.05, 4.69) is 148 Å². The lowest BCUT2D eigenvalue weighted by Crippen LogP contribution is -2.30. The van der Waals surface area contributed by atoms with Crippen LogP contribution >= 0.6 is 0 Å². The molecule has 0 aromatic heterocycles. The molecule has 0 aliphatic heterocycles. The molecule has 6 nitrogen and oxygen atoms in total. The number of allylic oxidation sites excluding steroid dienone is 22. The van der Waals surface area contributed by atoms with Crippen molar-refractivity contribution in [2.24, 2.45) is 0 Å². The minimum absolute atomic E-state index is 0.120. The van der Waals surface area contributed by atoms with E-state index in [-0.39, 0.29) is 44.0 Å². The quantitative estimate of drug-likeness (QED) is 0.0261. The van der Waals surface area contributed by atoms with E-state index >= 15 is 0 Å². The minimum atomic E-state index is -0.833. The highest BCUT2D eigenvalue weighted by Gasteiger charge is 2.19. The number of ether oxygens (including phenoxy) is 3. The molecule has 0 rings (SSSR count). The van der Waals surface area contributed by atoms with Crippen molar-refractivity contribution in [2.45, 2.75) is 271 Å². The summed E-state index contributed by atoms with van der Waals surface area (Å²) in [6.45, 7) is 6.41. The molecule has 0 amide bonds. The molecule has 0 aromatic rings. The van der Waals surface area contributed by atoms with Crippen molar-refractivity contribution >= 4 is 17.9 Å². The van der Waals surface area contributed by atoms with Gasteiger partial charge in [-0.05, 0) is 128 Å². The second kappa shape index (κ2) is 62.1. The Kier molecular flexibility index (Phi) is 58.4. The van der Waals surface area contributed by atoms with Gasteiger partial charge < -0.3 is 14.2 Å². The van der Waals surface area contributed by atoms with Crippen molar-refractivity contribution in [3.8, 4) is 0 Å². The molecular weight excluding hydrogens is 925 g/mol. The number of rotatable bonds is 54. The standard InChI is InChI=1S/C69H112O6/c1-4-7-10-13-16-19-22-25-28-31-34-37-40-43-46-49-52-55-58-61-67(70)73-64-66(75-69(72)63-60-57-54-51-48-45-42-39-36-33-30-27-24-21-18-15-12-9-6-3)65-74-68(71)62-59-56-53-50-47-44-41-38-35-32-29-26-23-20-17-14-11-8-5-2/h7,10,16,18-19,21,25,27-28,30,32,34-37,39,43,45-46,48,52,55,66H,4-6,8-9,11-15,17,20,22-24,26,29,31,33,38,40-42,44,47,49-51,53-54,56-65H2,1-3H3/b10-7-,19-16-,21-18-,28-25-,30-27-,35-32-,37-34-,39-36-,46-43-,48-45-,55-52-/t66-/m0/s1. The number of hydrogen-bond acceptors (Lipinski definition) is 6. The number of carbonyl (C=O) groups excluding carboxylic acids is 3. The third kappa shape index (κ3) is 60.3. The van der Waals surface area contributed by atoms with Crippen LogP contribution in [0.3, 0.4) is 0 Å². The zero-order valence-corrected chi connectivity index (χ0v) is 48.5. The molecule has 0 radical (unpaired) electrons. The van der Waals surface area contributed by atoms with Gasteiger partial charge in [-0.15, -0.1) is 0 Å². The third-order valence-corrected chi connectivity index (χ3v) is 12.6. The zero-order valence-electron chi connectivity index (χ0n) is 48.5. The Balaban J connectivity index is 4.57. The van der Waals surface area contributed by atoms with Gasteiger partial charge in [-0.2, -0.15) is 0 Å². The van der Waals surface area contributed by atoms with E-state index in [1.54, 1.807) is 0 Å². The first-order valence-corrected chi connectivity index (χ1v) is 30.7. The van der Waals surface area contributed by atoms with E-state index in [1.165, 1.54) is 116 Å². The summed E-state index contributed by atoms with van der Waals surface area (Å²) in [5, 5.41) is 0. The summed E-state index contributed by atoms with van der Waals surface area (Å²) in [4.78, 5) is 38.2. The monoisotopic (exact) mass is 1040 g/mol. The third-order valence-electron chi connectivity index (χ3n) is 12.6. The molecule has 0 aliphatic rings. The number of esters is 3. The van der Waals surface area contributed by atoms with Crippen molar-refractivity contribution in [1.82, 2.24) is 0 Å². The van der Waals surface area contributed by atoms with Crippen molar-refractivity contribution < 1.29 is 28.6 Å². The van der Waals surface area contributed by atoms with Gasteiger partial charge in [-0.3, -0.25) is 14.4 Å². The van der Waals surface area contributed by atoms with Crippen LogP contribution in [0.4, 0.5) is 0 Å². The second-order valence-electron chi connectivity index (χ2n) is 19.9. The Morgan fingerprint density at radius 1 is 0.280 bits per heavy atom. The predicted octanol–water partition coefficient (Wildman–Crippen LogP) is 21.0. The SMILES string of the molecule is CC/C=C\C/C=C\C/C=C\C/C=C\C/C=C\C/C=C\CCC(=O)OC[C@@H](COC(=O)CCCCCCCCC/C=C\CCCCCCCCCC)OC(=O)CCCCC/C=C\C/C=C\C/C=C\C/C=C\CCCCC. The number of carbonyl (C=O) groups is 3. The Morgan fingerprint density at radius 2 is 0.547 bits per heavy atom. The number of hydrogen-bond donors (Lipinski definition) is 0. The number of unbranched alkanes of at least 4 members (excludes halogenated alkanes) is 21. The maximum atomic E-state index is 12.9. The molecule has 0 saturated heterocycles. The van der Waals surface area contributed by atoms with Gasteiger partial charge in [0.2, 0.25) is 0 Å². The van der Waals surface area contributed by atoms with Crippen LogP contribution in [0.1, 0.15) is 265 Å². The molecule has 424 valence electrons. The van der Waals surface area contributed by atoms with Crippen LogP contribution in [0.5, 0.6) is 0 Å². The summed E-state index contributed by atoms with van der Waals surface area (Å²) in [6, 6.07) is 0. The van der Waals surface area contributed by atoms with Crippen LogP contribution in [-0.4, -0.2) is 37.2 Å². The van der Waals surface area contributed by atoms with Gasteiger partial charge in [0.05, 0.1) is 0 Å². The molecule has 0 unspecified atom stereocenters. The Bertz CT molecular complexity index is 1620. The van der Waals surface area contributed by atoms with Gasteiger partial charge in [-0.1, -0.05) is 251 Å². The minimum Gasteiger partial charge on any atom is -0.462 e. The smallest absolute Gasteiger partial charge is 0.306 e. The van der Waals surface area contributed by atoms with Gasteiger partial charge in [0.25, 0.3) is 0 Å². The highest BCUT2D eigenvalue weighted by atomic mass is 16.6. The summed E-state index contributed by atoms with van der Waals surface area (Å²) in [6.07, 6.45) is 87.4. The van der Waals surface area contributed by atoms with Gasteiger partial charge in [0, 0.05) is 19.3 Å². The topological polar surface area (TPSA) is 78.9 Å². The Morgan fingerprint density at radius 3 is 0.947 bits per heavy atom. The molecule has 0 aromatic carbocycles. The fourth-order valence-corrected chi connectivity index (χ4v) is 8.03. The molecule has 0 fully saturated rings. The lowest BCUT2D eigenvalue weighted by molar-refractivity contribution is -0.166. The molecule has 6 heteroatoms. The van der Waals surface area contributed by atoms with Crippen molar-refractivity contribution in [3.63, 3.8) is 0 Å². The first kappa shape index (κ1) is 70.5. The van der Waals surface area contributed by atoms with Crippen LogP contribution in [-0.2, 0) is 28.6 Å². The Hall–Kier alpha value is -4.45. The van der Waals surface area contributed by atoms with Crippen molar-refractivity contribution in [3.05, 3.63) is 134 Å². The fraction of sp³-hybridized carbons (Fsp3) is 0.638. The average Bonchev–Trinajstić information content (AvgIpc) is 3.41. The van der Waals surface area contributed by atoms with Crippen molar-refractivity contribution in [1.29, 1.82) is 0 Å². The predicted molar refractivity (Wildman–Crippen MR) is 325 cm³/mol. The first-order valence-electron chi connectivity index (χ1n) is 30.7. The molecule has 0 heterocycles. The van der Waals surface area contributed by atoms with Gasteiger partial charge in [0.1, 0.15) is 13.2 Å². The van der Waals surface area contributed by atoms with Gasteiger partial charge in [-0.25, -0.2) is 0 Å². The van der Waals surface area contributed by atoms with Crippen LogP contribution in [0.15, 0.2) is 134 Å². The Labute approximate surface area is 462 Å². The molecule has 0 N–H and O–H groups in total. The summed E-state index contributed by atoms with van der Waals surface area (Å²) in [5.74, 6) is -1.04. The molecule has 0 spiro atoms. The molecule has 75 heavy (non-hydrogen) atoms. The van der Waals surface area contributed by atoms with E-state index in [1.807, 2.05) is 6.08 Å². The summed E-state index contributed by atoms with van der Waals surface area (Å²) in [5.41, 5.74) is 0. The highest BCUT2D eigenvalue weighted by Crippen LogP contribution is 2.14. The molecule has 0 saturated carbocycles. The highest BCUT2D eigenvalue weighted by molar-refractivity contribution is 5.71. The lowest BCUT2D eigenvalue weighted by Gasteiger charge is -2.18. The lowest BCUT2D eigenvalue weighted by atomic mass is 10.1. The van der Waals surface area contributed by atoms with E-state index < -0.39 is 6.10 Å². The molecular formula is C69H112O6. The van der Waals surface area contributed by atoms with Crippen LogP contribution in [0.2, 0.25) is 0 Å². The largest absolute Gasteiger partial charge is 0.462 e. The maximum Gasteiger partial charge on any atom is 0.306 e. The van der Waals surface area contributed by atoms with E-state index in [0.717, 1.165) is 96.3 Å². The van der Waals surface area contributed by atoms with Crippen LogP contribution in [0, 0.1) is 0 Å². The second-order valence-corrected chi connectivity index (χ2v) is 19.9.